The summed E-state index contributed by atoms with van der Waals surface area (Å²) < 4.78 is 1.90. The summed E-state index contributed by atoms with van der Waals surface area (Å²) in [6.07, 6.45) is 0.936. The van der Waals surface area contributed by atoms with Crippen LogP contribution >= 0.6 is 0 Å². The van der Waals surface area contributed by atoms with Gasteiger partial charge in [0, 0.05) is 12.7 Å². The van der Waals surface area contributed by atoms with Crippen molar-refractivity contribution in [3.63, 3.8) is 0 Å². The molecule has 2 N–H and O–H groups in total. The summed E-state index contributed by atoms with van der Waals surface area (Å²) in [4.78, 5) is 0. The molecule has 0 aliphatic carbocycles. The molecule has 3 heteroatoms. The molecule has 0 bridgehead atoms. The quantitative estimate of drug-likeness (QED) is 0.674. The van der Waals surface area contributed by atoms with Gasteiger partial charge in [-0.3, -0.25) is 4.68 Å². The smallest absolute Gasteiger partial charge is 0.0628 e. The fraction of sp³-hybridized carbons (Fsp3) is 0.625. The van der Waals surface area contributed by atoms with Crippen LogP contribution in [0.3, 0.4) is 0 Å². The summed E-state index contributed by atoms with van der Waals surface area (Å²) >= 11 is 0. The van der Waals surface area contributed by atoms with Crippen molar-refractivity contribution in [1.29, 1.82) is 0 Å². The Morgan fingerprint density at radius 2 is 2.09 bits per heavy atom. The molecule has 0 saturated carbocycles. The van der Waals surface area contributed by atoms with E-state index in [0.717, 1.165) is 12.1 Å². The van der Waals surface area contributed by atoms with Crippen LogP contribution < -0.4 is 5.73 Å². The van der Waals surface area contributed by atoms with Crippen LogP contribution in [0.1, 0.15) is 17.0 Å². The number of nitrogens with two attached hydrogens (primary N) is 1. The molecule has 3 nitrogen and oxygen atoms in total. The fourth-order valence-corrected chi connectivity index (χ4v) is 1.32. The monoisotopic (exact) mass is 153 g/mol. The van der Waals surface area contributed by atoms with Crippen LogP contribution in [0.2, 0.25) is 0 Å². The number of aryl methyl sites for hydroxylation is 2. The minimum absolute atomic E-state index is 0.702. The molecule has 62 valence electrons. The van der Waals surface area contributed by atoms with Crippen molar-refractivity contribution in [3.8, 4) is 0 Å². The third kappa shape index (κ3) is 1.43. The van der Waals surface area contributed by atoms with E-state index in [1.807, 2.05) is 18.7 Å². The van der Waals surface area contributed by atoms with Gasteiger partial charge in [-0.15, -0.1) is 0 Å². The van der Waals surface area contributed by atoms with E-state index in [2.05, 4.69) is 12.0 Å². The van der Waals surface area contributed by atoms with Crippen molar-refractivity contribution >= 4 is 0 Å². The summed E-state index contributed by atoms with van der Waals surface area (Å²) in [5.74, 6) is 0. The van der Waals surface area contributed by atoms with Crippen molar-refractivity contribution in [2.24, 2.45) is 12.8 Å². The van der Waals surface area contributed by atoms with E-state index >= 15 is 0 Å². The first-order chi connectivity index (χ1) is 5.16. The van der Waals surface area contributed by atoms with E-state index in [-0.39, 0.29) is 0 Å². The molecule has 0 aromatic carbocycles. The van der Waals surface area contributed by atoms with Crippen molar-refractivity contribution in [3.05, 3.63) is 17.0 Å². The Balaban J connectivity index is 3.02. The molecular formula is C8H15N3. The highest BCUT2D eigenvalue weighted by molar-refractivity contribution is 5.24. The lowest BCUT2D eigenvalue weighted by Crippen LogP contribution is -2.04. The molecule has 0 unspecified atom stereocenters. The first-order valence-electron chi connectivity index (χ1n) is 3.86. The van der Waals surface area contributed by atoms with Crippen molar-refractivity contribution in [2.75, 3.05) is 6.54 Å². The summed E-state index contributed by atoms with van der Waals surface area (Å²) in [6.45, 7) is 4.80. The number of aromatic nitrogens is 2. The zero-order valence-corrected chi connectivity index (χ0v) is 7.39. The van der Waals surface area contributed by atoms with Gasteiger partial charge < -0.3 is 5.73 Å². The maximum Gasteiger partial charge on any atom is 0.0628 e. The number of rotatable bonds is 2. The lowest BCUT2D eigenvalue weighted by atomic mass is 10.1. The van der Waals surface area contributed by atoms with E-state index in [0.29, 0.717) is 6.54 Å². The first-order valence-corrected chi connectivity index (χ1v) is 3.86. The highest BCUT2D eigenvalue weighted by Crippen LogP contribution is 2.11. The van der Waals surface area contributed by atoms with E-state index in [1.165, 1.54) is 11.3 Å². The van der Waals surface area contributed by atoms with Crippen LogP contribution in [-0.2, 0) is 13.5 Å². The van der Waals surface area contributed by atoms with Crippen molar-refractivity contribution < 1.29 is 0 Å². The van der Waals surface area contributed by atoms with Crippen LogP contribution in [0.25, 0.3) is 0 Å². The normalized spacial score (nSPS) is 10.5. The maximum absolute atomic E-state index is 5.47. The maximum atomic E-state index is 5.47. The summed E-state index contributed by atoms with van der Waals surface area (Å²) in [7, 11) is 1.96. The predicted octanol–water partition coefficient (Wildman–Crippen LogP) is 0.538. The van der Waals surface area contributed by atoms with Gasteiger partial charge in [-0.2, -0.15) is 5.10 Å². The van der Waals surface area contributed by atoms with E-state index < -0.39 is 0 Å². The van der Waals surface area contributed by atoms with E-state index in [9.17, 15) is 0 Å². The Morgan fingerprint density at radius 3 is 2.45 bits per heavy atom. The van der Waals surface area contributed by atoms with Crippen LogP contribution in [0.5, 0.6) is 0 Å². The Hall–Kier alpha value is -0.830. The Morgan fingerprint density at radius 1 is 1.45 bits per heavy atom. The SMILES string of the molecule is Cc1nn(C)c(C)c1CCN. The molecule has 11 heavy (non-hydrogen) atoms. The fourth-order valence-electron chi connectivity index (χ4n) is 1.32. The largest absolute Gasteiger partial charge is 0.330 e. The zero-order chi connectivity index (χ0) is 8.43. The lowest BCUT2D eigenvalue weighted by molar-refractivity contribution is 0.730. The summed E-state index contributed by atoms with van der Waals surface area (Å²) in [6, 6.07) is 0. The highest BCUT2D eigenvalue weighted by atomic mass is 15.3. The number of hydrogen-bond acceptors (Lipinski definition) is 2. The number of nitrogens with zero attached hydrogens (tertiary/aromatic N) is 2. The van der Waals surface area contributed by atoms with E-state index in [1.54, 1.807) is 0 Å². The van der Waals surface area contributed by atoms with Gasteiger partial charge in [0.2, 0.25) is 0 Å². The van der Waals surface area contributed by atoms with Gasteiger partial charge >= 0.3 is 0 Å². The van der Waals surface area contributed by atoms with Gasteiger partial charge in [-0.25, -0.2) is 0 Å². The third-order valence-corrected chi connectivity index (χ3v) is 2.05. The second-order valence-electron chi connectivity index (χ2n) is 2.81. The molecule has 0 aliphatic rings. The van der Waals surface area contributed by atoms with E-state index in [4.69, 9.17) is 5.73 Å². The molecule has 0 spiro atoms. The topological polar surface area (TPSA) is 43.8 Å². The minimum atomic E-state index is 0.702. The zero-order valence-electron chi connectivity index (χ0n) is 7.39. The molecule has 0 fully saturated rings. The molecule has 0 amide bonds. The molecule has 1 heterocycles. The van der Waals surface area contributed by atoms with Gasteiger partial charge in [0.1, 0.15) is 0 Å². The van der Waals surface area contributed by atoms with Crippen molar-refractivity contribution in [2.45, 2.75) is 20.3 Å². The minimum Gasteiger partial charge on any atom is -0.330 e. The molecule has 1 aromatic heterocycles. The molecule has 0 aliphatic heterocycles. The lowest BCUT2D eigenvalue weighted by Gasteiger charge is -1.97. The summed E-state index contributed by atoms with van der Waals surface area (Å²) in [5.41, 5.74) is 9.11. The molecule has 1 rings (SSSR count). The second-order valence-corrected chi connectivity index (χ2v) is 2.81. The van der Waals surface area contributed by atoms with Gasteiger partial charge in [0.15, 0.2) is 0 Å². The molecule has 0 saturated heterocycles. The van der Waals surface area contributed by atoms with Gasteiger partial charge in [0.25, 0.3) is 0 Å². The van der Waals surface area contributed by atoms with Gasteiger partial charge in [0.05, 0.1) is 5.69 Å². The highest BCUT2D eigenvalue weighted by Gasteiger charge is 2.06. The van der Waals surface area contributed by atoms with Crippen LogP contribution in [0.4, 0.5) is 0 Å². The second kappa shape index (κ2) is 3.05. The predicted molar refractivity (Wildman–Crippen MR) is 45.4 cm³/mol. The standard InChI is InChI=1S/C8H15N3/c1-6-8(4-5-9)7(2)11(3)10-6/h4-5,9H2,1-3H3. The van der Waals surface area contributed by atoms with Crippen LogP contribution in [0.15, 0.2) is 0 Å². The Kier molecular flexibility index (Phi) is 2.29. The summed E-state index contributed by atoms with van der Waals surface area (Å²) in [5, 5.41) is 4.29. The number of hydrogen-bond donors (Lipinski definition) is 1. The van der Waals surface area contributed by atoms with Gasteiger partial charge in [-0.05, 0) is 32.4 Å². The Bertz CT molecular complexity index is 250. The molecular weight excluding hydrogens is 138 g/mol. The average molecular weight is 153 g/mol. The molecule has 0 atom stereocenters. The van der Waals surface area contributed by atoms with Crippen molar-refractivity contribution in [1.82, 2.24) is 9.78 Å². The first kappa shape index (κ1) is 8.27. The Labute approximate surface area is 67.2 Å². The van der Waals surface area contributed by atoms with Gasteiger partial charge in [-0.1, -0.05) is 0 Å². The van der Waals surface area contributed by atoms with Crippen LogP contribution in [0, 0.1) is 13.8 Å². The third-order valence-electron chi connectivity index (χ3n) is 2.05. The average Bonchev–Trinajstić information content (AvgIpc) is 2.17. The molecule has 0 radical (unpaired) electrons. The van der Waals surface area contributed by atoms with Crippen LogP contribution in [-0.4, -0.2) is 16.3 Å². The molecule has 1 aromatic rings.